The van der Waals surface area contributed by atoms with Crippen LogP contribution in [0.2, 0.25) is 5.02 Å². The number of rotatable bonds is 2. The van der Waals surface area contributed by atoms with E-state index in [0.29, 0.717) is 25.2 Å². The molecule has 2 aromatic carbocycles. The maximum Gasteiger partial charge on any atom is 0.257 e. The summed E-state index contributed by atoms with van der Waals surface area (Å²) in [7, 11) is 0. The Hall–Kier alpha value is -0.310. The molecule has 3 nitrogen and oxygen atoms in total. The lowest BCUT2D eigenvalue weighted by Crippen LogP contribution is -2.12. The van der Waals surface area contributed by atoms with Crippen LogP contribution < -0.4 is 5.32 Å². The maximum atomic E-state index is 12.2. The molecule has 0 atom stereocenters. The van der Waals surface area contributed by atoms with Gasteiger partial charge in [0.25, 0.3) is 5.91 Å². The zero-order valence-electron chi connectivity index (χ0n) is 9.75. The third-order valence-corrected chi connectivity index (χ3v) is 4.66. The Balaban J connectivity index is 2.30. The van der Waals surface area contributed by atoms with E-state index < -0.39 is 0 Å². The fourth-order valence-electron chi connectivity index (χ4n) is 1.51. The molecule has 104 valence electrons. The number of hydrogen-bond donors (Lipinski definition) is 2. The van der Waals surface area contributed by atoms with Crippen molar-refractivity contribution in [2.45, 2.75) is 0 Å². The fourth-order valence-corrected chi connectivity index (χ4v) is 3.39. The van der Waals surface area contributed by atoms with Crippen LogP contribution in [0.3, 0.4) is 0 Å². The molecule has 0 aliphatic heterocycles. The number of carbonyl (C=O) groups is 1. The minimum absolute atomic E-state index is 0.0790. The monoisotopic (exact) mass is 529 g/mol. The van der Waals surface area contributed by atoms with Gasteiger partial charge >= 0.3 is 0 Å². The first-order valence-corrected chi connectivity index (χ1v) is 8.37. The minimum Gasteiger partial charge on any atom is -0.506 e. The molecule has 0 aliphatic carbocycles. The molecule has 2 N–H and O–H groups in total. The Kier molecular flexibility index (Phi) is 5.33. The smallest absolute Gasteiger partial charge is 0.257 e. The summed E-state index contributed by atoms with van der Waals surface area (Å²) in [6.45, 7) is 0. The van der Waals surface area contributed by atoms with Crippen LogP contribution >= 0.6 is 66.1 Å². The largest absolute Gasteiger partial charge is 0.506 e. The molecule has 1 amide bonds. The van der Waals surface area contributed by atoms with Gasteiger partial charge in [0, 0.05) is 9.26 Å². The van der Waals surface area contributed by atoms with Crippen molar-refractivity contribution in [3.05, 3.63) is 53.4 Å². The average molecular weight is 531 g/mol. The van der Waals surface area contributed by atoms with Crippen LogP contribution in [0.4, 0.5) is 5.69 Å². The van der Waals surface area contributed by atoms with Crippen molar-refractivity contribution < 1.29 is 9.90 Å². The van der Waals surface area contributed by atoms with Crippen molar-refractivity contribution >= 4 is 77.6 Å². The van der Waals surface area contributed by atoms with E-state index in [2.05, 4.69) is 59.8 Å². The van der Waals surface area contributed by atoms with E-state index in [-0.39, 0.29) is 11.7 Å². The lowest BCUT2D eigenvalue weighted by Gasteiger charge is -2.09. The maximum absolute atomic E-state index is 12.2. The molecular weight excluding hydrogens is 524 g/mol. The third kappa shape index (κ3) is 3.66. The number of phenolic OH excluding ortho intramolecular Hbond substituents is 1. The fraction of sp³-hybridized carbons (Fsp3) is 0. The van der Waals surface area contributed by atoms with E-state index in [1.807, 2.05) is 6.07 Å². The summed E-state index contributed by atoms with van der Waals surface area (Å²) in [5.74, 6) is -0.228. The van der Waals surface area contributed by atoms with Gasteiger partial charge in [-0.2, -0.15) is 0 Å². The molecule has 2 rings (SSSR count). The highest BCUT2D eigenvalue weighted by Gasteiger charge is 2.13. The Morgan fingerprint density at radius 1 is 1.20 bits per heavy atom. The minimum atomic E-state index is -0.307. The standard InChI is InChI=1S/C13H7Br2ClINO2/c14-9-4-7(5-10(15)12(9)19)18-13(20)8-3-6(17)1-2-11(8)16/h1-5,19H,(H,18,20). The lowest BCUT2D eigenvalue weighted by molar-refractivity contribution is 0.102. The quantitative estimate of drug-likeness (QED) is 0.402. The lowest BCUT2D eigenvalue weighted by atomic mass is 10.2. The molecule has 0 unspecified atom stereocenters. The van der Waals surface area contributed by atoms with Crippen molar-refractivity contribution in [2.24, 2.45) is 0 Å². The molecule has 0 heterocycles. The number of aromatic hydroxyl groups is 1. The zero-order valence-corrected chi connectivity index (χ0v) is 15.8. The summed E-state index contributed by atoms with van der Waals surface area (Å²) in [6.07, 6.45) is 0. The molecule has 2 aromatic rings. The second-order valence-corrected chi connectivity index (χ2v) is 7.23. The molecule has 0 fully saturated rings. The third-order valence-electron chi connectivity index (χ3n) is 2.45. The number of benzene rings is 2. The summed E-state index contributed by atoms with van der Waals surface area (Å²) >= 11 is 14.6. The number of amides is 1. The molecule has 0 radical (unpaired) electrons. The summed E-state index contributed by atoms with van der Waals surface area (Å²) < 4.78 is 1.89. The Bertz CT molecular complexity index is 671. The molecule has 0 bridgehead atoms. The van der Waals surface area contributed by atoms with Crippen LogP contribution in [0.15, 0.2) is 39.3 Å². The second-order valence-electron chi connectivity index (χ2n) is 3.87. The van der Waals surface area contributed by atoms with E-state index in [9.17, 15) is 9.90 Å². The van der Waals surface area contributed by atoms with Crippen LogP contribution in [-0.2, 0) is 0 Å². The van der Waals surface area contributed by atoms with Gasteiger partial charge in [-0.15, -0.1) is 0 Å². The number of phenols is 1. The Labute approximate surface area is 151 Å². The number of hydrogen-bond acceptors (Lipinski definition) is 2. The summed E-state index contributed by atoms with van der Waals surface area (Å²) in [4.78, 5) is 12.2. The highest BCUT2D eigenvalue weighted by atomic mass is 127. The first kappa shape index (κ1) is 16.1. The van der Waals surface area contributed by atoms with E-state index >= 15 is 0 Å². The van der Waals surface area contributed by atoms with Crippen LogP contribution in [-0.4, -0.2) is 11.0 Å². The van der Waals surface area contributed by atoms with Gasteiger partial charge in [-0.25, -0.2) is 0 Å². The first-order chi connectivity index (χ1) is 9.38. The van der Waals surface area contributed by atoms with Gasteiger partial charge in [0.2, 0.25) is 0 Å². The molecule has 7 heteroatoms. The normalized spacial score (nSPS) is 10.4. The highest BCUT2D eigenvalue weighted by Crippen LogP contribution is 2.35. The molecule has 20 heavy (non-hydrogen) atoms. The molecule has 0 aliphatic rings. The predicted molar refractivity (Wildman–Crippen MR) is 95.6 cm³/mol. The number of halogens is 4. The average Bonchev–Trinajstić information content (AvgIpc) is 2.38. The number of nitrogens with one attached hydrogen (secondary N) is 1. The molecule has 0 saturated carbocycles. The van der Waals surface area contributed by atoms with Crippen LogP contribution in [0, 0.1) is 3.57 Å². The zero-order chi connectivity index (χ0) is 14.9. The highest BCUT2D eigenvalue weighted by molar-refractivity contribution is 14.1. The van der Waals surface area contributed by atoms with Gasteiger partial charge in [-0.3, -0.25) is 4.79 Å². The predicted octanol–water partition coefficient (Wildman–Crippen LogP) is 5.43. The SMILES string of the molecule is O=C(Nc1cc(Br)c(O)c(Br)c1)c1cc(I)ccc1Cl. The van der Waals surface area contributed by atoms with E-state index in [0.717, 1.165) is 3.57 Å². The van der Waals surface area contributed by atoms with Crippen LogP contribution in [0.25, 0.3) is 0 Å². The van der Waals surface area contributed by atoms with Crippen molar-refractivity contribution in [1.82, 2.24) is 0 Å². The second kappa shape index (κ2) is 6.64. The number of anilines is 1. The van der Waals surface area contributed by atoms with Crippen molar-refractivity contribution in [3.63, 3.8) is 0 Å². The molecule has 0 spiro atoms. The Morgan fingerprint density at radius 3 is 2.40 bits per heavy atom. The topological polar surface area (TPSA) is 49.3 Å². The van der Waals surface area contributed by atoms with E-state index in [1.165, 1.54) is 0 Å². The number of carbonyl (C=O) groups excluding carboxylic acids is 1. The van der Waals surface area contributed by atoms with Crippen molar-refractivity contribution in [2.75, 3.05) is 5.32 Å². The van der Waals surface area contributed by atoms with Gasteiger partial charge in [-0.1, -0.05) is 11.6 Å². The molecule has 0 saturated heterocycles. The van der Waals surface area contributed by atoms with Crippen molar-refractivity contribution in [3.8, 4) is 5.75 Å². The summed E-state index contributed by atoms with van der Waals surface area (Å²) in [5.41, 5.74) is 0.945. The van der Waals surface area contributed by atoms with Crippen LogP contribution in [0.1, 0.15) is 10.4 Å². The molecule has 0 aromatic heterocycles. The molecular formula is C13H7Br2ClINO2. The van der Waals surface area contributed by atoms with E-state index in [1.54, 1.807) is 24.3 Å². The van der Waals surface area contributed by atoms with Gasteiger partial charge in [0.05, 0.1) is 19.5 Å². The van der Waals surface area contributed by atoms with E-state index in [4.69, 9.17) is 11.6 Å². The summed E-state index contributed by atoms with van der Waals surface area (Å²) in [6, 6.07) is 8.44. The summed E-state index contributed by atoms with van der Waals surface area (Å²) in [5, 5.41) is 12.8. The van der Waals surface area contributed by atoms with Gasteiger partial charge in [0.15, 0.2) is 0 Å². The van der Waals surface area contributed by atoms with Crippen LogP contribution in [0.5, 0.6) is 5.75 Å². The van der Waals surface area contributed by atoms with Gasteiger partial charge < -0.3 is 10.4 Å². The Morgan fingerprint density at radius 2 is 1.80 bits per heavy atom. The van der Waals surface area contributed by atoms with Gasteiger partial charge in [0.1, 0.15) is 5.75 Å². The van der Waals surface area contributed by atoms with Crippen molar-refractivity contribution in [1.29, 1.82) is 0 Å². The first-order valence-electron chi connectivity index (χ1n) is 5.33. The van der Waals surface area contributed by atoms with Gasteiger partial charge in [-0.05, 0) is 84.8 Å².